The summed E-state index contributed by atoms with van der Waals surface area (Å²) in [6.07, 6.45) is 2.23. The molecule has 1 amide bonds. The van der Waals surface area contributed by atoms with Crippen LogP contribution < -0.4 is 5.32 Å². The van der Waals surface area contributed by atoms with Gasteiger partial charge in [0, 0.05) is 18.8 Å². The van der Waals surface area contributed by atoms with E-state index in [1.807, 2.05) is 31.2 Å². The Morgan fingerprint density at radius 3 is 2.80 bits per heavy atom. The van der Waals surface area contributed by atoms with Gasteiger partial charge in [-0.05, 0) is 42.3 Å². The fourth-order valence-electron chi connectivity index (χ4n) is 3.10. The minimum atomic E-state index is -3.50. The van der Waals surface area contributed by atoms with Crippen molar-refractivity contribution >= 4 is 33.0 Å². The fraction of sp³-hybridized carbons (Fsp3) is 0.389. The van der Waals surface area contributed by atoms with E-state index in [2.05, 4.69) is 5.32 Å². The third-order valence-corrected chi connectivity index (χ3v) is 7.74. The van der Waals surface area contributed by atoms with E-state index in [-0.39, 0.29) is 18.4 Å². The summed E-state index contributed by atoms with van der Waals surface area (Å²) in [6.45, 7) is 2.75. The Morgan fingerprint density at radius 1 is 1.28 bits per heavy atom. The van der Waals surface area contributed by atoms with Gasteiger partial charge in [0.1, 0.15) is 4.21 Å². The van der Waals surface area contributed by atoms with E-state index in [4.69, 9.17) is 0 Å². The summed E-state index contributed by atoms with van der Waals surface area (Å²) < 4.78 is 27.1. The molecule has 7 heteroatoms. The van der Waals surface area contributed by atoms with Crippen LogP contribution in [-0.2, 0) is 21.2 Å². The maximum absolute atomic E-state index is 12.7. The van der Waals surface area contributed by atoms with Gasteiger partial charge in [0.25, 0.3) is 10.0 Å². The maximum Gasteiger partial charge on any atom is 0.252 e. The lowest BCUT2D eigenvalue weighted by Crippen LogP contribution is -2.43. The molecule has 1 fully saturated rings. The molecule has 1 N–H and O–H groups in total. The van der Waals surface area contributed by atoms with Crippen LogP contribution in [0.1, 0.15) is 25.3 Å². The van der Waals surface area contributed by atoms with Gasteiger partial charge in [0.15, 0.2) is 0 Å². The van der Waals surface area contributed by atoms with Gasteiger partial charge in [-0.2, -0.15) is 4.31 Å². The number of para-hydroxylation sites is 1. The number of piperidine rings is 1. The zero-order valence-electron chi connectivity index (χ0n) is 14.1. The quantitative estimate of drug-likeness (QED) is 0.868. The molecule has 0 spiro atoms. The summed E-state index contributed by atoms with van der Waals surface area (Å²) in [5, 5.41) is 4.73. The number of carbonyl (C=O) groups is 1. The Hall–Kier alpha value is -1.70. The van der Waals surface area contributed by atoms with Gasteiger partial charge in [-0.15, -0.1) is 11.3 Å². The Kier molecular flexibility index (Phi) is 5.56. The number of nitrogens with one attached hydrogen (secondary N) is 1. The number of benzene rings is 1. The number of anilines is 1. The third kappa shape index (κ3) is 3.94. The Balaban J connectivity index is 1.72. The molecule has 0 radical (unpaired) electrons. The SMILES string of the molecule is CCc1ccccc1NC(=O)[C@H]1CCCN(S(=O)(=O)c2cccs2)C1. The van der Waals surface area contributed by atoms with E-state index >= 15 is 0 Å². The first-order chi connectivity index (χ1) is 12.0. The van der Waals surface area contributed by atoms with Crippen molar-refractivity contribution in [1.29, 1.82) is 0 Å². The standard InChI is InChI=1S/C18H22N2O3S2/c1-2-14-7-3-4-9-16(14)19-18(21)15-8-5-11-20(13-15)25(22,23)17-10-6-12-24-17/h3-4,6-7,9-10,12,15H,2,5,8,11,13H2,1H3,(H,19,21)/t15-/m0/s1. The summed E-state index contributed by atoms with van der Waals surface area (Å²) in [4.78, 5) is 12.7. The molecule has 25 heavy (non-hydrogen) atoms. The number of sulfonamides is 1. The fourth-order valence-corrected chi connectivity index (χ4v) is 5.77. The second kappa shape index (κ2) is 7.68. The van der Waals surface area contributed by atoms with Gasteiger partial charge < -0.3 is 5.32 Å². The van der Waals surface area contributed by atoms with Crippen molar-refractivity contribution in [2.45, 2.75) is 30.4 Å². The van der Waals surface area contributed by atoms with Gasteiger partial charge >= 0.3 is 0 Å². The number of nitrogens with zero attached hydrogens (tertiary/aromatic N) is 1. The molecule has 1 saturated heterocycles. The molecule has 1 aliphatic rings. The van der Waals surface area contributed by atoms with Crippen LogP contribution in [0.2, 0.25) is 0 Å². The largest absolute Gasteiger partial charge is 0.326 e. The maximum atomic E-state index is 12.7. The van der Waals surface area contributed by atoms with Crippen LogP contribution >= 0.6 is 11.3 Å². The Bertz CT molecular complexity index is 832. The van der Waals surface area contributed by atoms with Gasteiger partial charge in [0.05, 0.1) is 5.92 Å². The lowest BCUT2D eigenvalue weighted by molar-refractivity contribution is -0.120. The molecule has 5 nitrogen and oxygen atoms in total. The first kappa shape index (κ1) is 18.1. The van der Waals surface area contributed by atoms with Gasteiger partial charge in [-0.3, -0.25) is 4.79 Å². The number of rotatable bonds is 5. The monoisotopic (exact) mass is 378 g/mol. The first-order valence-electron chi connectivity index (χ1n) is 8.44. The molecule has 2 aromatic rings. The molecule has 0 unspecified atom stereocenters. The van der Waals surface area contributed by atoms with Crippen molar-refractivity contribution in [3.63, 3.8) is 0 Å². The summed E-state index contributed by atoms with van der Waals surface area (Å²) in [7, 11) is -3.50. The number of thiophene rings is 1. The molecule has 0 aliphatic carbocycles. The first-order valence-corrected chi connectivity index (χ1v) is 10.8. The van der Waals surface area contributed by atoms with Crippen molar-refractivity contribution in [3.05, 3.63) is 47.3 Å². The molecular weight excluding hydrogens is 356 g/mol. The predicted octanol–water partition coefficient (Wildman–Crippen LogP) is 3.35. The predicted molar refractivity (Wildman–Crippen MR) is 100 cm³/mol. The molecule has 1 aromatic carbocycles. The van der Waals surface area contributed by atoms with E-state index in [1.54, 1.807) is 17.5 Å². The number of hydrogen-bond donors (Lipinski definition) is 1. The average molecular weight is 379 g/mol. The van der Waals surface area contributed by atoms with Crippen LogP contribution in [0, 0.1) is 5.92 Å². The van der Waals surface area contributed by atoms with E-state index in [9.17, 15) is 13.2 Å². The number of hydrogen-bond acceptors (Lipinski definition) is 4. The normalized spacial score (nSPS) is 18.8. The van der Waals surface area contributed by atoms with Crippen LogP contribution in [-0.4, -0.2) is 31.7 Å². The molecule has 1 aliphatic heterocycles. The highest BCUT2D eigenvalue weighted by molar-refractivity contribution is 7.91. The van der Waals surface area contributed by atoms with Gasteiger partial charge in [-0.25, -0.2) is 8.42 Å². The summed E-state index contributed by atoms with van der Waals surface area (Å²) in [5.41, 5.74) is 1.89. The van der Waals surface area contributed by atoms with Crippen molar-refractivity contribution in [3.8, 4) is 0 Å². The molecule has 1 atom stereocenters. The second-order valence-electron chi connectivity index (χ2n) is 6.13. The summed E-state index contributed by atoms with van der Waals surface area (Å²) in [6, 6.07) is 11.1. The molecular formula is C18H22N2O3S2. The van der Waals surface area contributed by atoms with Crippen LogP contribution in [0.4, 0.5) is 5.69 Å². The molecule has 2 heterocycles. The molecule has 0 bridgehead atoms. The number of aryl methyl sites for hydroxylation is 1. The Morgan fingerprint density at radius 2 is 2.08 bits per heavy atom. The average Bonchev–Trinajstić information content (AvgIpc) is 3.18. The smallest absolute Gasteiger partial charge is 0.252 e. The minimum Gasteiger partial charge on any atom is -0.326 e. The van der Waals surface area contributed by atoms with Crippen molar-refractivity contribution in [2.24, 2.45) is 5.92 Å². The number of carbonyl (C=O) groups excluding carboxylic acids is 1. The van der Waals surface area contributed by atoms with Crippen LogP contribution in [0.3, 0.4) is 0 Å². The van der Waals surface area contributed by atoms with E-state index in [0.717, 1.165) is 17.7 Å². The molecule has 134 valence electrons. The highest BCUT2D eigenvalue weighted by atomic mass is 32.2. The molecule has 3 rings (SSSR count). The minimum absolute atomic E-state index is 0.105. The zero-order chi connectivity index (χ0) is 17.9. The number of amides is 1. The summed E-state index contributed by atoms with van der Waals surface area (Å²) in [5.74, 6) is -0.430. The lowest BCUT2D eigenvalue weighted by atomic mass is 9.98. The second-order valence-corrected chi connectivity index (χ2v) is 9.25. The highest BCUT2D eigenvalue weighted by Gasteiger charge is 2.33. The zero-order valence-corrected chi connectivity index (χ0v) is 15.8. The van der Waals surface area contributed by atoms with Crippen molar-refractivity contribution < 1.29 is 13.2 Å². The van der Waals surface area contributed by atoms with Crippen LogP contribution in [0.15, 0.2) is 46.0 Å². The van der Waals surface area contributed by atoms with Crippen LogP contribution in [0.25, 0.3) is 0 Å². The Labute approximate surface area is 152 Å². The van der Waals surface area contributed by atoms with Gasteiger partial charge in [0.2, 0.25) is 5.91 Å². The summed E-state index contributed by atoms with van der Waals surface area (Å²) >= 11 is 1.21. The lowest BCUT2D eigenvalue weighted by Gasteiger charge is -2.31. The topological polar surface area (TPSA) is 66.5 Å². The molecule has 0 saturated carbocycles. The van der Waals surface area contributed by atoms with E-state index < -0.39 is 10.0 Å². The van der Waals surface area contributed by atoms with Gasteiger partial charge in [-0.1, -0.05) is 31.2 Å². The van der Waals surface area contributed by atoms with E-state index in [1.165, 1.54) is 15.6 Å². The van der Waals surface area contributed by atoms with E-state index in [0.29, 0.717) is 23.6 Å². The highest BCUT2D eigenvalue weighted by Crippen LogP contribution is 2.27. The van der Waals surface area contributed by atoms with Crippen molar-refractivity contribution in [2.75, 3.05) is 18.4 Å². The van der Waals surface area contributed by atoms with Crippen LogP contribution in [0.5, 0.6) is 0 Å². The van der Waals surface area contributed by atoms with Crippen molar-refractivity contribution in [1.82, 2.24) is 4.31 Å². The molecule has 1 aromatic heterocycles. The third-order valence-electron chi connectivity index (χ3n) is 4.50.